The molecule has 1 rings (SSSR count). The molecule has 0 spiro atoms. The third-order valence-corrected chi connectivity index (χ3v) is 5.63. The summed E-state index contributed by atoms with van der Waals surface area (Å²) in [6, 6.07) is 0. The molecule has 0 radical (unpaired) electrons. The molecule has 0 bridgehead atoms. The summed E-state index contributed by atoms with van der Waals surface area (Å²) in [5, 5.41) is 0. The van der Waals surface area contributed by atoms with Gasteiger partial charge in [0.2, 0.25) is 0 Å². The summed E-state index contributed by atoms with van der Waals surface area (Å²) < 4.78 is 6.25. The van der Waals surface area contributed by atoms with Gasteiger partial charge >= 0.3 is 5.97 Å². The fourth-order valence-electron chi connectivity index (χ4n) is 3.45. The fraction of sp³-hybridized carbons (Fsp3) is 0.947. The van der Waals surface area contributed by atoms with E-state index >= 15 is 0 Å². The van der Waals surface area contributed by atoms with Crippen LogP contribution in [0.25, 0.3) is 0 Å². The van der Waals surface area contributed by atoms with Crippen molar-refractivity contribution in [2.45, 2.75) is 104 Å². The number of rotatable bonds is 8. The van der Waals surface area contributed by atoms with Crippen molar-refractivity contribution in [2.24, 2.45) is 11.3 Å². The fourth-order valence-corrected chi connectivity index (χ4v) is 3.45. The van der Waals surface area contributed by atoms with Crippen LogP contribution in [-0.4, -0.2) is 11.6 Å². The first-order chi connectivity index (χ1) is 9.91. The molecular weight excluding hydrogens is 260 g/mol. The molecule has 1 unspecified atom stereocenters. The number of carbonyl (C=O) groups excluding carboxylic acids is 1. The first kappa shape index (κ1) is 18.5. The van der Waals surface area contributed by atoms with Crippen molar-refractivity contribution in [1.29, 1.82) is 0 Å². The second-order valence-corrected chi connectivity index (χ2v) is 7.48. The van der Waals surface area contributed by atoms with Crippen LogP contribution in [0.15, 0.2) is 0 Å². The average Bonchev–Trinajstić information content (AvgIpc) is 2.52. The number of hydrogen-bond donors (Lipinski definition) is 0. The summed E-state index contributed by atoms with van der Waals surface area (Å²) in [4.78, 5) is 12.7. The highest BCUT2D eigenvalue weighted by Gasteiger charge is 2.43. The number of hydrogen-bond acceptors (Lipinski definition) is 2. The first-order valence-corrected chi connectivity index (χ1v) is 9.15. The van der Waals surface area contributed by atoms with E-state index in [1.165, 1.54) is 38.5 Å². The van der Waals surface area contributed by atoms with Gasteiger partial charge in [-0.05, 0) is 58.3 Å². The lowest BCUT2D eigenvalue weighted by molar-refractivity contribution is -0.181. The Morgan fingerprint density at radius 2 is 1.67 bits per heavy atom. The van der Waals surface area contributed by atoms with Gasteiger partial charge in [-0.3, -0.25) is 4.79 Å². The topological polar surface area (TPSA) is 26.3 Å². The highest BCUT2D eigenvalue weighted by molar-refractivity contribution is 5.76. The Morgan fingerprint density at radius 3 is 2.14 bits per heavy atom. The van der Waals surface area contributed by atoms with E-state index < -0.39 is 0 Å². The Hall–Kier alpha value is -0.530. The third-order valence-electron chi connectivity index (χ3n) is 5.63. The molecule has 21 heavy (non-hydrogen) atoms. The van der Waals surface area contributed by atoms with Crippen LogP contribution in [0.3, 0.4) is 0 Å². The largest absolute Gasteiger partial charge is 0.458 e. The summed E-state index contributed by atoms with van der Waals surface area (Å²) in [6.07, 6.45) is 11.6. The third kappa shape index (κ3) is 4.72. The molecule has 1 fully saturated rings. The van der Waals surface area contributed by atoms with Crippen molar-refractivity contribution in [1.82, 2.24) is 0 Å². The molecule has 2 heteroatoms. The zero-order chi connectivity index (χ0) is 15.9. The van der Waals surface area contributed by atoms with E-state index in [0.717, 1.165) is 25.7 Å². The molecule has 0 aromatic carbocycles. The standard InChI is InChI=1S/C19H36O2/c1-6-9-15-19(8-3,16-13-11-10-12-14-16)21-17(20)18(4,5)7-2/h16H,6-15H2,1-5H3. The Bertz CT molecular complexity index is 316. The van der Waals surface area contributed by atoms with E-state index in [4.69, 9.17) is 4.74 Å². The molecular formula is C19H36O2. The molecule has 0 aliphatic heterocycles. The summed E-state index contributed by atoms with van der Waals surface area (Å²) in [6.45, 7) is 10.5. The molecule has 1 aliphatic carbocycles. The van der Waals surface area contributed by atoms with Crippen LogP contribution in [0.4, 0.5) is 0 Å². The van der Waals surface area contributed by atoms with Crippen LogP contribution in [0.1, 0.15) is 98.8 Å². The minimum absolute atomic E-state index is 0.00789. The number of ether oxygens (including phenoxy) is 1. The number of unbranched alkanes of at least 4 members (excludes halogenated alkanes) is 1. The van der Waals surface area contributed by atoms with Gasteiger partial charge in [0.15, 0.2) is 0 Å². The van der Waals surface area contributed by atoms with Gasteiger partial charge in [0, 0.05) is 0 Å². The first-order valence-electron chi connectivity index (χ1n) is 9.15. The predicted molar refractivity (Wildman–Crippen MR) is 89.3 cm³/mol. The van der Waals surface area contributed by atoms with Crippen LogP contribution < -0.4 is 0 Å². The summed E-state index contributed by atoms with van der Waals surface area (Å²) in [7, 11) is 0. The Kier molecular flexibility index (Phi) is 7.23. The Balaban J connectivity index is 2.91. The lowest BCUT2D eigenvalue weighted by atomic mass is 9.72. The van der Waals surface area contributed by atoms with E-state index in [1.807, 2.05) is 13.8 Å². The minimum atomic E-state index is -0.360. The highest BCUT2D eigenvalue weighted by Crippen LogP contribution is 2.42. The quantitative estimate of drug-likeness (QED) is 0.522. The molecule has 1 aliphatic rings. The van der Waals surface area contributed by atoms with Crippen LogP contribution in [0.5, 0.6) is 0 Å². The van der Waals surface area contributed by atoms with Crippen molar-refractivity contribution >= 4 is 5.97 Å². The maximum Gasteiger partial charge on any atom is 0.312 e. The highest BCUT2D eigenvalue weighted by atomic mass is 16.6. The van der Waals surface area contributed by atoms with E-state index in [9.17, 15) is 4.79 Å². The number of carbonyl (C=O) groups is 1. The van der Waals surface area contributed by atoms with Gasteiger partial charge in [0.1, 0.15) is 5.60 Å². The maximum absolute atomic E-state index is 12.7. The summed E-state index contributed by atoms with van der Waals surface area (Å²) in [5.41, 5.74) is -0.568. The molecule has 0 amide bonds. The molecule has 0 aromatic rings. The maximum atomic E-state index is 12.7. The normalized spacial score (nSPS) is 20.0. The van der Waals surface area contributed by atoms with Gasteiger partial charge in [0.05, 0.1) is 5.41 Å². The monoisotopic (exact) mass is 296 g/mol. The van der Waals surface area contributed by atoms with E-state index in [1.54, 1.807) is 0 Å². The zero-order valence-corrected chi connectivity index (χ0v) is 15.0. The van der Waals surface area contributed by atoms with Gasteiger partial charge in [-0.2, -0.15) is 0 Å². The Morgan fingerprint density at radius 1 is 1.05 bits per heavy atom. The Labute approximate surface area is 132 Å². The van der Waals surface area contributed by atoms with Crippen LogP contribution in [0.2, 0.25) is 0 Å². The van der Waals surface area contributed by atoms with E-state index in [-0.39, 0.29) is 17.0 Å². The molecule has 0 heterocycles. The second kappa shape index (κ2) is 8.19. The number of esters is 1. The van der Waals surface area contributed by atoms with Crippen LogP contribution in [0, 0.1) is 11.3 Å². The molecule has 0 N–H and O–H groups in total. The van der Waals surface area contributed by atoms with Gasteiger partial charge < -0.3 is 4.74 Å². The van der Waals surface area contributed by atoms with Gasteiger partial charge in [-0.15, -0.1) is 0 Å². The minimum Gasteiger partial charge on any atom is -0.458 e. The van der Waals surface area contributed by atoms with Crippen LogP contribution >= 0.6 is 0 Å². The summed E-state index contributed by atoms with van der Waals surface area (Å²) >= 11 is 0. The second-order valence-electron chi connectivity index (χ2n) is 7.48. The molecule has 2 nitrogen and oxygen atoms in total. The average molecular weight is 296 g/mol. The van der Waals surface area contributed by atoms with Crippen LogP contribution in [-0.2, 0) is 9.53 Å². The van der Waals surface area contributed by atoms with E-state index in [2.05, 4.69) is 20.8 Å². The van der Waals surface area contributed by atoms with Gasteiger partial charge in [-0.25, -0.2) is 0 Å². The molecule has 124 valence electrons. The van der Waals surface area contributed by atoms with Crippen molar-refractivity contribution in [3.05, 3.63) is 0 Å². The van der Waals surface area contributed by atoms with Gasteiger partial charge in [0.25, 0.3) is 0 Å². The van der Waals surface area contributed by atoms with Crippen molar-refractivity contribution in [2.75, 3.05) is 0 Å². The van der Waals surface area contributed by atoms with Crippen molar-refractivity contribution in [3.8, 4) is 0 Å². The van der Waals surface area contributed by atoms with Crippen molar-refractivity contribution in [3.63, 3.8) is 0 Å². The predicted octanol–water partition coefficient (Wildman–Crippen LogP) is 5.89. The summed E-state index contributed by atoms with van der Waals surface area (Å²) in [5.74, 6) is 0.577. The smallest absolute Gasteiger partial charge is 0.312 e. The molecule has 1 atom stereocenters. The zero-order valence-electron chi connectivity index (χ0n) is 15.0. The van der Waals surface area contributed by atoms with Gasteiger partial charge in [-0.1, -0.05) is 46.5 Å². The molecule has 1 saturated carbocycles. The molecule has 0 saturated heterocycles. The lowest BCUT2D eigenvalue weighted by Crippen LogP contribution is -2.46. The molecule has 0 aromatic heterocycles. The van der Waals surface area contributed by atoms with Crippen molar-refractivity contribution < 1.29 is 9.53 Å². The SMILES string of the molecule is CCCCC(CC)(OC(=O)C(C)(C)CC)C1CCCCC1. The lowest BCUT2D eigenvalue weighted by Gasteiger charge is -2.43. The van der Waals surface area contributed by atoms with E-state index in [0.29, 0.717) is 5.92 Å².